The first-order chi connectivity index (χ1) is 16.3. The van der Waals surface area contributed by atoms with E-state index in [0.717, 1.165) is 42.6 Å². The molecule has 0 amide bonds. The summed E-state index contributed by atoms with van der Waals surface area (Å²) in [5.41, 5.74) is 2.59. The summed E-state index contributed by atoms with van der Waals surface area (Å²) in [5.74, 6) is 1.97. The minimum atomic E-state index is -0.0695. The molecule has 4 rings (SSSR count). The molecular formula is C28H38Cl2N2OS. The number of rotatable bonds is 10. The van der Waals surface area contributed by atoms with Crippen molar-refractivity contribution in [1.82, 2.24) is 9.80 Å². The SMILES string of the molecule is C=CCOC(C)(C)CC1CCN(CC2CN(Cc3ccc(Cl)cc3Cl)CC2c2ccsc2)CC1. The minimum Gasteiger partial charge on any atom is -0.372 e. The molecule has 2 saturated heterocycles. The normalized spacial score (nSPS) is 22.9. The third kappa shape index (κ3) is 7.09. The molecule has 0 spiro atoms. The molecule has 0 N–H and O–H groups in total. The van der Waals surface area contributed by atoms with Crippen LogP contribution >= 0.6 is 34.5 Å². The summed E-state index contributed by atoms with van der Waals surface area (Å²) in [6.45, 7) is 15.5. The van der Waals surface area contributed by atoms with Crippen LogP contribution < -0.4 is 0 Å². The monoisotopic (exact) mass is 520 g/mol. The second-order valence-corrected chi connectivity index (χ2v) is 12.3. The zero-order valence-corrected chi connectivity index (χ0v) is 22.8. The maximum absolute atomic E-state index is 6.49. The van der Waals surface area contributed by atoms with Gasteiger partial charge in [0, 0.05) is 42.1 Å². The number of benzene rings is 1. The van der Waals surface area contributed by atoms with Crippen LogP contribution in [0, 0.1) is 11.8 Å². The van der Waals surface area contributed by atoms with Gasteiger partial charge in [-0.25, -0.2) is 0 Å². The van der Waals surface area contributed by atoms with Gasteiger partial charge < -0.3 is 9.64 Å². The molecule has 34 heavy (non-hydrogen) atoms. The van der Waals surface area contributed by atoms with Crippen molar-refractivity contribution in [2.45, 2.75) is 51.2 Å². The maximum Gasteiger partial charge on any atom is 0.0652 e. The van der Waals surface area contributed by atoms with Crippen molar-refractivity contribution < 1.29 is 4.74 Å². The van der Waals surface area contributed by atoms with Gasteiger partial charge in [-0.15, -0.1) is 6.58 Å². The average Bonchev–Trinajstić information content (AvgIpc) is 3.45. The molecule has 0 aliphatic carbocycles. The van der Waals surface area contributed by atoms with Crippen LogP contribution in [0.5, 0.6) is 0 Å². The summed E-state index contributed by atoms with van der Waals surface area (Å²) < 4.78 is 5.99. The second-order valence-electron chi connectivity index (χ2n) is 10.7. The van der Waals surface area contributed by atoms with E-state index in [9.17, 15) is 0 Å². The van der Waals surface area contributed by atoms with Crippen LogP contribution in [0.15, 0.2) is 47.7 Å². The van der Waals surface area contributed by atoms with Crippen molar-refractivity contribution in [1.29, 1.82) is 0 Å². The largest absolute Gasteiger partial charge is 0.372 e. The Morgan fingerprint density at radius 1 is 1.15 bits per heavy atom. The van der Waals surface area contributed by atoms with Gasteiger partial charge in [-0.3, -0.25) is 4.90 Å². The summed E-state index contributed by atoms with van der Waals surface area (Å²) in [5, 5.41) is 6.02. The molecule has 2 atom stereocenters. The van der Waals surface area contributed by atoms with E-state index in [2.05, 4.69) is 53.1 Å². The Kier molecular flexibility index (Phi) is 9.17. The Hall–Kier alpha value is -0.880. The fraction of sp³-hybridized carbons (Fsp3) is 0.571. The van der Waals surface area contributed by atoms with Gasteiger partial charge in [0.15, 0.2) is 0 Å². The van der Waals surface area contributed by atoms with Crippen molar-refractivity contribution in [3.63, 3.8) is 0 Å². The number of hydrogen-bond donors (Lipinski definition) is 0. The van der Waals surface area contributed by atoms with Crippen LogP contribution in [0.1, 0.15) is 50.2 Å². The molecule has 2 fully saturated rings. The summed E-state index contributed by atoms with van der Waals surface area (Å²) in [4.78, 5) is 5.28. The van der Waals surface area contributed by atoms with E-state index in [0.29, 0.717) is 23.5 Å². The number of ether oxygens (including phenoxy) is 1. The highest BCUT2D eigenvalue weighted by Gasteiger charge is 2.36. The van der Waals surface area contributed by atoms with E-state index in [-0.39, 0.29) is 5.60 Å². The molecule has 2 aliphatic rings. The molecule has 0 bridgehead atoms. The number of nitrogens with zero attached hydrogens (tertiary/aromatic N) is 2. The molecule has 2 unspecified atom stereocenters. The summed E-state index contributed by atoms with van der Waals surface area (Å²) in [7, 11) is 0. The van der Waals surface area contributed by atoms with Crippen molar-refractivity contribution in [3.8, 4) is 0 Å². The third-order valence-corrected chi connectivity index (χ3v) is 8.76. The summed E-state index contributed by atoms with van der Waals surface area (Å²) in [6, 6.07) is 8.19. The van der Waals surface area contributed by atoms with E-state index in [1.807, 2.05) is 29.5 Å². The van der Waals surface area contributed by atoms with Gasteiger partial charge in [-0.05, 0) is 98.1 Å². The Balaban J connectivity index is 1.34. The Morgan fingerprint density at radius 3 is 2.62 bits per heavy atom. The van der Waals surface area contributed by atoms with E-state index in [1.54, 1.807) is 0 Å². The fourth-order valence-electron chi connectivity index (χ4n) is 5.77. The summed E-state index contributed by atoms with van der Waals surface area (Å²) >= 11 is 14.4. The van der Waals surface area contributed by atoms with Gasteiger partial charge in [0.05, 0.1) is 12.2 Å². The van der Waals surface area contributed by atoms with Gasteiger partial charge >= 0.3 is 0 Å². The number of halogens is 2. The summed E-state index contributed by atoms with van der Waals surface area (Å²) in [6.07, 6.45) is 5.51. The molecule has 0 saturated carbocycles. The molecular weight excluding hydrogens is 483 g/mol. The lowest BCUT2D eigenvalue weighted by Gasteiger charge is -2.37. The van der Waals surface area contributed by atoms with E-state index in [4.69, 9.17) is 27.9 Å². The first kappa shape index (κ1) is 26.2. The van der Waals surface area contributed by atoms with Crippen molar-refractivity contribution >= 4 is 34.5 Å². The van der Waals surface area contributed by atoms with Crippen molar-refractivity contribution in [2.24, 2.45) is 11.8 Å². The molecule has 2 aliphatic heterocycles. The Bertz CT molecular complexity index is 924. The molecule has 1 aromatic carbocycles. The maximum atomic E-state index is 6.49. The van der Waals surface area contributed by atoms with E-state index < -0.39 is 0 Å². The molecule has 1 aromatic heterocycles. The molecule has 3 heterocycles. The lowest BCUT2D eigenvalue weighted by atomic mass is 9.85. The highest BCUT2D eigenvalue weighted by atomic mass is 35.5. The van der Waals surface area contributed by atoms with Crippen molar-refractivity contribution in [3.05, 3.63) is 68.9 Å². The first-order valence-corrected chi connectivity index (χ1v) is 14.2. The Morgan fingerprint density at radius 2 is 1.94 bits per heavy atom. The van der Waals surface area contributed by atoms with Gasteiger partial charge in [0.1, 0.15) is 0 Å². The molecule has 2 aromatic rings. The van der Waals surface area contributed by atoms with Gasteiger partial charge in [-0.2, -0.15) is 11.3 Å². The predicted octanol–water partition coefficient (Wildman–Crippen LogP) is 7.35. The van der Waals surface area contributed by atoms with Crippen LogP contribution in [-0.2, 0) is 11.3 Å². The van der Waals surface area contributed by atoms with Crippen LogP contribution in [0.4, 0.5) is 0 Å². The smallest absolute Gasteiger partial charge is 0.0652 e. The topological polar surface area (TPSA) is 15.7 Å². The highest BCUT2D eigenvalue weighted by Crippen LogP contribution is 2.37. The average molecular weight is 522 g/mol. The lowest BCUT2D eigenvalue weighted by molar-refractivity contribution is -0.0262. The third-order valence-electron chi connectivity index (χ3n) is 7.47. The highest BCUT2D eigenvalue weighted by molar-refractivity contribution is 7.08. The van der Waals surface area contributed by atoms with Crippen molar-refractivity contribution in [2.75, 3.05) is 39.3 Å². The Labute approximate surface area is 219 Å². The van der Waals surface area contributed by atoms with Crippen LogP contribution in [0.25, 0.3) is 0 Å². The van der Waals surface area contributed by atoms with Gasteiger partial charge in [0.25, 0.3) is 0 Å². The van der Waals surface area contributed by atoms with Gasteiger partial charge in [-0.1, -0.05) is 35.3 Å². The molecule has 6 heteroatoms. The van der Waals surface area contributed by atoms with Crippen LogP contribution in [0.2, 0.25) is 10.0 Å². The van der Waals surface area contributed by atoms with Crippen LogP contribution in [-0.4, -0.2) is 54.7 Å². The predicted molar refractivity (Wildman–Crippen MR) is 146 cm³/mol. The molecule has 3 nitrogen and oxygen atoms in total. The zero-order valence-electron chi connectivity index (χ0n) is 20.5. The zero-order chi connectivity index (χ0) is 24.1. The quantitative estimate of drug-likeness (QED) is 0.304. The first-order valence-electron chi connectivity index (χ1n) is 12.5. The number of likely N-dealkylation sites (tertiary alicyclic amines) is 2. The fourth-order valence-corrected chi connectivity index (χ4v) is 6.97. The van der Waals surface area contributed by atoms with E-state index in [1.165, 1.54) is 38.0 Å². The standard InChI is InChI=1S/C28H38Cl2N2OS/c1-4-12-33-28(2,3)15-21-7-10-31(11-8-21)17-24-18-32(19-26(24)23-9-13-34-20-23)16-22-5-6-25(29)14-27(22)30/h4-6,9,13-14,20-21,24,26H,1,7-8,10-12,15-19H2,2-3H3. The number of hydrogen-bond acceptors (Lipinski definition) is 4. The van der Waals surface area contributed by atoms with Crippen LogP contribution in [0.3, 0.4) is 0 Å². The number of piperidine rings is 1. The molecule has 0 radical (unpaired) electrons. The van der Waals surface area contributed by atoms with Gasteiger partial charge in [0.2, 0.25) is 0 Å². The van der Waals surface area contributed by atoms with E-state index >= 15 is 0 Å². The minimum absolute atomic E-state index is 0.0695. The second kappa shape index (κ2) is 11.9. The lowest BCUT2D eigenvalue weighted by Crippen LogP contribution is -2.40. The number of thiophene rings is 1. The molecule has 186 valence electrons.